The summed E-state index contributed by atoms with van der Waals surface area (Å²) < 4.78 is 13.0. The highest BCUT2D eigenvalue weighted by atomic mass is 16.5. The van der Waals surface area contributed by atoms with Crippen molar-refractivity contribution in [1.82, 2.24) is 19.9 Å². The first-order valence-electron chi connectivity index (χ1n) is 10.8. The highest BCUT2D eigenvalue weighted by molar-refractivity contribution is 5.93. The zero-order valence-corrected chi connectivity index (χ0v) is 19.0. The Balaban J connectivity index is 1.41. The smallest absolute Gasteiger partial charge is 0.304 e. The monoisotopic (exact) mass is 472 g/mol. The number of amides is 1. The van der Waals surface area contributed by atoms with Crippen molar-refractivity contribution in [2.75, 3.05) is 19.0 Å². The SMILES string of the molecule is CN/C(=N\N=N)n1c(OCc2cccc(NC(=O)COCc3ccccc3)n2)nc2ccccc21. The van der Waals surface area contributed by atoms with Gasteiger partial charge in [-0.1, -0.05) is 53.6 Å². The number of carbonyl (C=O) groups is 1. The number of hydrogen-bond donors (Lipinski definition) is 3. The molecule has 0 radical (unpaired) electrons. The third-order valence-corrected chi connectivity index (χ3v) is 4.88. The van der Waals surface area contributed by atoms with Crippen molar-refractivity contribution in [2.24, 2.45) is 10.3 Å². The van der Waals surface area contributed by atoms with Gasteiger partial charge in [-0.25, -0.2) is 9.55 Å². The molecule has 0 spiro atoms. The topological polar surface area (TPSA) is 139 Å². The van der Waals surface area contributed by atoms with Gasteiger partial charge in [-0.15, -0.1) is 0 Å². The lowest BCUT2D eigenvalue weighted by Gasteiger charge is -2.11. The van der Waals surface area contributed by atoms with Crippen molar-refractivity contribution in [3.05, 3.63) is 84.1 Å². The molecule has 3 N–H and O–H groups in total. The Morgan fingerprint density at radius 1 is 1.00 bits per heavy atom. The molecule has 0 unspecified atom stereocenters. The molecule has 2 aromatic carbocycles. The lowest BCUT2D eigenvalue weighted by molar-refractivity contribution is -0.121. The van der Waals surface area contributed by atoms with Crippen LogP contribution in [0.4, 0.5) is 5.82 Å². The minimum atomic E-state index is -0.303. The summed E-state index contributed by atoms with van der Waals surface area (Å²) in [6.45, 7) is 0.350. The number of hydrogen-bond acceptors (Lipinski definition) is 7. The van der Waals surface area contributed by atoms with E-state index in [-0.39, 0.29) is 31.1 Å². The maximum Gasteiger partial charge on any atom is 0.304 e. The number of aromatic nitrogens is 3. The predicted molar refractivity (Wildman–Crippen MR) is 130 cm³/mol. The molecule has 0 aliphatic heterocycles. The zero-order valence-electron chi connectivity index (χ0n) is 19.0. The maximum atomic E-state index is 12.2. The molecule has 0 saturated heterocycles. The van der Waals surface area contributed by atoms with E-state index in [4.69, 9.17) is 15.0 Å². The van der Waals surface area contributed by atoms with Gasteiger partial charge in [0.05, 0.1) is 23.3 Å². The van der Waals surface area contributed by atoms with Crippen molar-refractivity contribution < 1.29 is 14.3 Å². The fourth-order valence-corrected chi connectivity index (χ4v) is 3.34. The highest BCUT2D eigenvalue weighted by Crippen LogP contribution is 2.22. The number of pyridine rings is 1. The van der Waals surface area contributed by atoms with Gasteiger partial charge in [-0.3, -0.25) is 4.79 Å². The van der Waals surface area contributed by atoms with Crippen molar-refractivity contribution in [3.63, 3.8) is 0 Å². The molecular formula is C24H24N8O3. The first kappa shape index (κ1) is 23.5. The Hall–Kier alpha value is -4.64. The number of para-hydroxylation sites is 2. The Morgan fingerprint density at radius 2 is 1.80 bits per heavy atom. The minimum absolute atomic E-state index is 0.0888. The standard InChI is InChI=1S/C24H24N8O3/c1-26-23(30-31-25)32-20-12-6-5-11-19(20)28-24(32)35-15-18-10-7-13-21(27-18)29-22(33)16-34-14-17-8-3-2-4-9-17/h2-13H,14-16H2,1H3,(H2,25,26,30)(H,27,29,33). The van der Waals surface area contributed by atoms with E-state index in [1.165, 1.54) is 0 Å². The van der Waals surface area contributed by atoms with Gasteiger partial charge in [-0.2, -0.15) is 10.5 Å². The summed E-state index contributed by atoms with van der Waals surface area (Å²) in [7, 11) is 1.67. The molecular weight excluding hydrogens is 448 g/mol. The van der Waals surface area contributed by atoms with Gasteiger partial charge in [0.2, 0.25) is 5.96 Å². The number of carbonyl (C=O) groups excluding carboxylic acids is 1. The van der Waals surface area contributed by atoms with Crippen molar-refractivity contribution in [2.45, 2.75) is 13.2 Å². The molecule has 4 aromatic rings. The summed E-state index contributed by atoms with van der Waals surface area (Å²) in [6.07, 6.45) is 0. The van der Waals surface area contributed by atoms with Crippen LogP contribution in [-0.4, -0.2) is 40.1 Å². The van der Waals surface area contributed by atoms with Gasteiger partial charge in [-0.05, 0) is 35.1 Å². The molecule has 0 bridgehead atoms. The van der Waals surface area contributed by atoms with Crippen molar-refractivity contribution in [3.8, 4) is 6.01 Å². The van der Waals surface area contributed by atoms with Gasteiger partial charge in [0.1, 0.15) is 19.0 Å². The van der Waals surface area contributed by atoms with E-state index in [0.717, 1.165) is 11.1 Å². The largest absolute Gasteiger partial charge is 0.458 e. The average molecular weight is 473 g/mol. The molecule has 1 amide bonds. The fraction of sp³-hybridized carbons (Fsp3) is 0.167. The number of anilines is 1. The summed E-state index contributed by atoms with van der Waals surface area (Å²) in [5, 5.41) is 12.5. The van der Waals surface area contributed by atoms with Crippen LogP contribution in [0.15, 0.2) is 83.1 Å². The molecule has 4 rings (SSSR count). The first-order chi connectivity index (χ1) is 17.2. The molecule has 0 aliphatic rings. The molecule has 2 aromatic heterocycles. The third kappa shape index (κ3) is 6.03. The average Bonchev–Trinajstić information content (AvgIpc) is 3.25. The Labute approximate surface area is 201 Å². The lowest BCUT2D eigenvalue weighted by atomic mass is 10.2. The molecule has 11 nitrogen and oxygen atoms in total. The number of imidazole rings is 1. The summed E-state index contributed by atoms with van der Waals surface area (Å²) >= 11 is 0. The van der Waals surface area contributed by atoms with E-state index in [1.807, 2.05) is 54.6 Å². The van der Waals surface area contributed by atoms with Crippen LogP contribution in [-0.2, 0) is 22.7 Å². The van der Waals surface area contributed by atoms with Crippen LogP contribution in [0.1, 0.15) is 11.3 Å². The van der Waals surface area contributed by atoms with Crippen LogP contribution >= 0.6 is 0 Å². The van der Waals surface area contributed by atoms with E-state index < -0.39 is 0 Å². The summed E-state index contributed by atoms with van der Waals surface area (Å²) in [6, 6.07) is 22.6. The van der Waals surface area contributed by atoms with Gasteiger partial charge >= 0.3 is 6.01 Å². The number of benzene rings is 2. The predicted octanol–water partition coefficient (Wildman–Crippen LogP) is 3.54. The van der Waals surface area contributed by atoms with Crippen molar-refractivity contribution >= 4 is 28.7 Å². The number of nitrogens with one attached hydrogen (secondary N) is 3. The second kappa shape index (κ2) is 11.5. The van der Waals surface area contributed by atoms with E-state index in [0.29, 0.717) is 23.6 Å². The summed E-state index contributed by atoms with van der Waals surface area (Å²) in [5.74, 6) is 0.369. The van der Waals surface area contributed by atoms with E-state index in [2.05, 4.69) is 30.9 Å². The molecule has 11 heteroatoms. The number of rotatable bonds is 9. The van der Waals surface area contributed by atoms with E-state index in [1.54, 1.807) is 29.8 Å². The highest BCUT2D eigenvalue weighted by Gasteiger charge is 2.16. The quantitative estimate of drug-likeness (QED) is 0.147. The zero-order chi connectivity index (χ0) is 24.5. The maximum absolute atomic E-state index is 12.2. The third-order valence-electron chi connectivity index (χ3n) is 4.88. The van der Waals surface area contributed by atoms with E-state index in [9.17, 15) is 4.79 Å². The number of nitrogens with zero attached hydrogens (tertiary/aromatic N) is 5. The second-order valence-electron chi connectivity index (χ2n) is 7.32. The Kier molecular flexibility index (Phi) is 7.71. The molecule has 2 heterocycles. The van der Waals surface area contributed by atoms with Crippen LogP contribution in [0.2, 0.25) is 0 Å². The normalized spacial score (nSPS) is 11.3. The molecule has 178 valence electrons. The summed E-state index contributed by atoms with van der Waals surface area (Å²) in [5.41, 5.74) is 10.1. The lowest BCUT2D eigenvalue weighted by Crippen LogP contribution is -2.27. The van der Waals surface area contributed by atoms with E-state index >= 15 is 0 Å². The summed E-state index contributed by atoms with van der Waals surface area (Å²) in [4.78, 5) is 21.2. The molecule has 0 atom stereocenters. The fourth-order valence-electron chi connectivity index (χ4n) is 3.34. The Morgan fingerprint density at radius 3 is 2.60 bits per heavy atom. The van der Waals surface area contributed by atoms with Crippen LogP contribution in [0, 0.1) is 5.53 Å². The van der Waals surface area contributed by atoms with Crippen LogP contribution < -0.4 is 15.4 Å². The molecule has 0 aliphatic carbocycles. The number of ether oxygens (including phenoxy) is 2. The van der Waals surface area contributed by atoms with Crippen LogP contribution in [0.25, 0.3) is 11.0 Å². The van der Waals surface area contributed by atoms with Crippen LogP contribution in [0.3, 0.4) is 0 Å². The minimum Gasteiger partial charge on any atom is -0.458 e. The molecule has 35 heavy (non-hydrogen) atoms. The van der Waals surface area contributed by atoms with Crippen molar-refractivity contribution in [1.29, 1.82) is 5.53 Å². The molecule has 0 fully saturated rings. The first-order valence-corrected chi connectivity index (χ1v) is 10.8. The number of fused-ring (bicyclic) bond motifs is 1. The second-order valence-corrected chi connectivity index (χ2v) is 7.32. The Bertz CT molecular complexity index is 1340. The van der Waals surface area contributed by atoms with Gasteiger partial charge in [0, 0.05) is 7.05 Å². The van der Waals surface area contributed by atoms with Crippen LogP contribution in [0.5, 0.6) is 6.01 Å². The van der Waals surface area contributed by atoms with Gasteiger partial charge in [0.15, 0.2) is 0 Å². The molecule has 0 saturated carbocycles. The van der Waals surface area contributed by atoms with Gasteiger partial charge in [0.25, 0.3) is 5.91 Å². The van der Waals surface area contributed by atoms with Gasteiger partial charge < -0.3 is 20.1 Å².